The summed E-state index contributed by atoms with van der Waals surface area (Å²) in [5.74, 6) is -0.611. The molecule has 0 radical (unpaired) electrons. The van der Waals surface area contributed by atoms with E-state index in [9.17, 15) is 32.6 Å². The van der Waals surface area contributed by atoms with Crippen LogP contribution in [0.15, 0.2) is 12.3 Å². The molecule has 0 saturated heterocycles. The molecule has 230 valence electrons. The first-order chi connectivity index (χ1) is 19.1. The first-order valence-corrected chi connectivity index (χ1v) is 13.7. The van der Waals surface area contributed by atoms with Crippen LogP contribution in [0.4, 0.5) is 17.6 Å². The van der Waals surface area contributed by atoms with Crippen molar-refractivity contribution in [1.29, 1.82) is 0 Å². The van der Waals surface area contributed by atoms with Crippen LogP contribution in [-0.4, -0.2) is 70.6 Å². The smallest absolute Gasteiger partial charge is 0.387 e. The van der Waals surface area contributed by atoms with Gasteiger partial charge in [-0.25, -0.2) is 8.78 Å². The number of nitrogens with one attached hydrogen (secondary N) is 1. The predicted molar refractivity (Wildman–Crippen MR) is 141 cm³/mol. The number of aliphatic hydroxyl groups excluding tert-OH is 1. The Labute approximate surface area is 239 Å². The minimum absolute atomic E-state index is 0.00928. The Morgan fingerprint density at radius 3 is 2.49 bits per heavy atom. The Kier molecular flexibility index (Phi) is 12.0. The number of carbonyl (C=O) groups is 1. The Morgan fingerprint density at radius 1 is 1.32 bits per heavy atom. The Hall–Kier alpha value is -2.91. The number of aliphatic hydroxyl groups is 2. The van der Waals surface area contributed by atoms with Crippen molar-refractivity contribution in [1.82, 2.24) is 20.1 Å². The van der Waals surface area contributed by atoms with Crippen LogP contribution < -0.4 is 10.1 Å². The predicted octanol–water partition coefficient (Wildman–Crippen LogP) is 3.68. The topological polar surface area (TPSA) is 144 Å². The Morgan fingerprint density at radius 2 is 1.95 bits per heavy atom. The number of alkyl halides is 4. The summed E-state index contributed by atoms with van der Waals surface area (Å²) in [5, 5.41) is 28.2. The number of halogens is 4. The van der Waals surface area contributed by atoms with Crippen LogP contribution in [0.2, 0.25) is 0 Å². The molecule has 1 aliphatic carbocycles. The summed E-state index contributed by atoms with van der Waals surface area (Å²) in [7, 11) is 0. The van der Waals surface area contributed by atoms with E-state index in [1.165, 1.54) is 30.8 Å². The average Bonchev–Trinajstić information content (AvgIpc) is 3.21. The second-order valence-corrected chi connectivity index (χ2v) is 11.0. The standard InChI is InChI=1S/C26H36F4N4O4.O2S/c1-6-34-21(17-12-31-16(10-18(17)38-24(29)30)11-25(4,5)23(27)28)15(3)20(33-34)22(36)32-13-26(37)8-7-14(2)9-19(26)35;1-3-2/h10,12,14,19,23-24,35,37H,6-9,11,13H2,1-5H3,(H,32,36);/t14-,19-,26-;/m0./s1. The highest BCUT2D eigenvalue weighted by Gasteiger charge is 2.40. The van der Waals surface area contributed by atoms with Gasteiger partial charge >= 0.3 is 18.2 Å². The average molecular weight is 609 g/mol. The Bertz CT molecular complexity index is 1240. The van der Waals surface area contributed by atoms with Gasteiger partial charge in [-0.1, -0.05) is 20.8 Å². The summed E-state index contributed by atoms with van der Waals surface area (Å²) in [4.78, 5) is 17.3. The van der Waals surface area contributed by atoms with Crippen LogP contribution >= 0.6 is 0 Å². The van der Waals surface area contributed by atoms with Crippen LogP contribution in [0, 0.1) is 18.3 Å². The summed E-state index contributed by atoms with van der Waals surface area (Å²) in [6, 6.07) is 1.21. The number of carbonyl (C=O) groups excluding carboxylic acids is 1. The lowest BCUT2D eigenvalue weighted by atomic mass is 9.77. The molecule has 3 rings (SSSR count). The molecule has 0 aliphatic heterocycles. The molecule has 0 spiro atoms. The lowest BCUT2D eigenvalue weighted by molar-refractivity contribution is -0.106. The number of ether oxygens (including phenoxy) is 1. The van der Waals surface area contributed by atoms with Crippen LogP contribution in [0.3, 0.4) is 0 Å². The number of aromatic nitrogens is 3. The van der Waals surface area contributed by atoms with Crippen LogP contribution in [-0.2, 0) is 24.5 Å². The molecule has 1 fully saturated rings. The summed E-state index contributed by atoms with van der Waals surface area (Å²) in [6.45, 7) is 4.95. The maximum absolute atomic E-state index is 13.4. The third kappa shape index (κ3) is 8.55. The van der Waals surface area contributed by atoms with Gasteiger partial charge in [0.25, 0.3) is 5.91 Å². The van der Waals surface area contributed by atoms with Gasteiger partial charge in [-0.2, -0.15) is 22.3 Å². The lowest BCUT2D eigenvalue weighted by Gasteiger charge is -2.39. The molecule has 1 saturated carbocycles. The van der Waals surface area contributed by atoms with Gasteiger partial charge in [-0.05, 0) is 39.0 Å². The maximum atomic E-state index is 13.4. The highest BCUT2D eigenvalue weighted by molar-refractivity contribution is 7.51. The van der Waals surface area contributed by atoms with E-state index in [1.54, 1.807) is 13.8 Å². The highest BCUT2D eigenvalue weighted by Crippen LogP contribution is 2.37. The molecule has 10 nitrogen and oxygen atoms in total. The molecule has 2 aromatic heterocycles. The van der Waals surface area contributed by atoms with Crippen LogP contribution in [0.25, 0.3) is 11.3 Å². The van der Waals surface area contributed by atoms with E-state index in [4.69, 9.17) is 13.2 Å². The minimum Gasteiger partial charge on any atom is -0.434 e. The highest BCUT2D eigenvalue weighted by atomic mass is 32.1. The number of nitrogens with zero attached hydrogens (tertiary/aromatic N) is 3. The normalized spacial score (nSPS) is 20.9. The largest absolute Gasteiger partial charge is 0.434 e. The van der Waals surface area contributed by atoms with Gasteiger partial charge in [0.15, 0.2) is 5.69 Å². The van der Waals surface area contributed by atoms with Crippen molar-refractivity contribution in [3.63, 3.8) is 0 Å². The summed E-state index contributed by atoms with van der Waals surface area (Å²) in [5.41, 5.74) is -1.93. The molecule has 2 heterocycles. The van der Waals surface area contributed by atoms with Crippen LogP contribution in [0.1, 0.15) is 68.7 Å². The summed E-state index contributed by atoms with van der Waals surface area (Å²) in [6.07, 6.45) is -1.08. The summed E-state index contributed by atoms with van der Waals surface area (Å²) >= 11 is -0.750. The van der Waals surface area contributed by atoms with Gasteiger partial charge in [0.05, 0.1) is 17.4 Å². The van der Waals surface area contributed by atoms with Crippen molar-refractivity contribution in [3.8, 4) is 17.0 Å². The molecule has 0 aromatic carbocycles. The molecule has 15 heteroatoms. The van der Waals surface area contributed by atoms with Crippen molar-refractivity contribution in [2.24, 2.45) is 11.3 Å². The van der Waals surface area contributed by atoms with Gasteiger partial charge in [0.1, 0.15) is 11.4 Å². The van der Waals surface area contributed by atoms with E-state index in [0.717, 1.165) is 0 Å². The van der Waals surface area contributed by atoms with Gasteiger partial charge in [0, 0.05) is 48.4 Å². The first kappa shape index (κ1) is 34.3. The van der Waals surface area contributed by atoms with Crippen molar-refractivity contribution >= 4 is 17.5 Å². The van der Waals surface area contributed by atoms with E-state index >= 15 is 0 Å². The molecule has 0 bridgehead atoms. The Balaban J connectivity index is 0.00000187. The number of aryl methyl sites for hydroxylation is 1. The zero-order valence-corrected chi connectivity index (χ0v) is 24.3. The lowest BCUT2D eigenvalue weighted by Crippen LogP contribution is -2.54. The molecular formula is C26H36F4N4O6S. The van der Waals surface area contributed by atoms with Gasteiger partial charge in [-0.3, -0.25) is 14.5 Å². The van der Waals surface area contributed by atoms with E-state index < -0.39 is 47.6 Å². The van der Waals surface area contributed by atoms with E-state index in [2.05, 4.69) is 15.4 Å². The second-order valence-electron chi connectivity index (χ2n) is 10.9. The molecule has 1 aliphatic rings. The van der Waals surface area contributed by atoms with Crippen molar-refractivity contribution in [3.05, 3.63) is 29.2 Å². The minimum atomic E-state index is -3.18. The number of amides is 1. The van der Waals surface area contributed by atoms with E-state index in [1.807, 2.05) is 6.92 Å². The van der Waals surface area contributed by atoms with Gasteiger partial charge in [-0.15, -0.1) is 0 Å². The fraction of sp³-hybridized carbons (Fsp3) is 0.654. The van der Waals surface area contributed by atoms with Gasteiger partial charge in [0.2, 0.25) is 6.43 Å². The number of hydrogen-bond acceptors (Lipinski definition) is 8. The molecule has 2 aromatic rings. The number of hydrogen-bond donors (Lipinski definition) is 3. The quantitative estimate of drug-likeness (QED) is 0.347. The van der Waals surface area contributed by atoms with Crippen molar-refractivity contribution < 1.29 is 45.7 Å². The van der Waals surface area contributed by atoms with Crippen molar-refractivity contribution in [2.45, 2.75) is 91.6 Å². The van der Waals surface area contributed by atoms with Crippen molar-refractivity contribution in [2.75, 3.05) is 6.54 Å². The third-order valence-electron chi connectivity index (χ3n) is 7.20. The fourth-order valence-electron chi connectivity index (χ4n) is 4.73. The van der Waals surface area contributed by atoms with E-state index in [-0.39, 0.29) is 48.1 Å². The fourth-order valence-corrected chi connectivity index (χ4v) is 4.73. The zero-order chi connectivity index (χ0) is 31.1. The number of pyridine rings is 1. The van der Waals surface area contributed by atoms with E-state index in [0.29, 0.717) is 30.5 Å². The first-order valence-electron chi connectivity index (χ1n) is 13.0. The molecule has 0 unspecified atom stereocenters. The SMILES string of the molecule is CCn1nc(C(=O)NC[C@@]2(O)CC[C@H](C)C[C@@H]2O)c(C)c1-c1cnc(CC(C)(C)C(F)F)cc1OC(F)F.O=S=O. The monoisotopic (exact) mass is 608 g/mol. The zero-order valence-electron chi connectivity index (χ0n) is 23.5. The second kappa shape index (κ2) is 14.3. The maximum Gasteiger partial charge on any atom is 0.387 e. The van der Waals surface area contributed by atoms with Crippen LogP contribution in [0.5, 0.6) is 5.75 Å². The molecule has 3 atom stereocenters. The third-order valence-corrected chi connectivity index (χ3v) is 7.20. The molecule has 1 amide bonds. The molecule has 41 heavy (non-hydrogen) atoms. The van der Waals surface area contributed by atoms with Gasteiger partial charge < -0.3 is 20.3 Å². The molecular weight excluding hydrogens is 572 g/mol. The summed E-state index contributed by atoms with van der Waals surface area (Å²) < 4.78 is 76.1. The molecule has 3 N–H and O–H groups in total. The number of rotatable bonds is 10.